The lowest BCUT2D eigenvalue weighted by Crippen LogP contribution is -2.01. The Hall–Kier alpha value is -2.85. The topological polar surface area (TPSA) is 111 Å². The Morgan fingerprint density at radius 1 is 1.41 bits per heavy atom. The van der Waals surface area contributed by atoms with E-state index in [2.05, 4.69) is 26.0 Å². The van der Waals surface area contributed by atoms with Crippen LogP contribution in [0.1, 0.15) is 16.7 Å². The van der Waals surface area contributed by atoms with Crippen molar-refractivity contribution in [1.29, 1.82) is 5.26 Å². The predicted octanol–water partition coefficient (Wildman–Crippen LogP) is 2.32. The van der Waals surface area contributed by atoms with Crippen LogP contribution in [0.2, 0.25) is 5.15 Å². The largest absolute Gasteiger partial charge is 0.495 e. The Morgan fingerprint density at radius 3 is 2.95 bits per heavy atom. The third kappa shape index (κ3) is 2.29. The summed E-state index contributed by atoms with van der Waals surface area (Å²) in [5.74, 6) is 0.492. The SMILES string of the molecule is COc1cc(Cc2c(Cl)nc3nonc3c2N)ccc1C#N. The zero-order valence-electron chi connectivity index (χ0n) is 11.5. The average Bonchev–Trinajstić information content (AvgIpc) is 2.99. The molecule has 0 unspecified atom stereocenters. The molecule has 0 radical (unpaired) electrons. The zero-order valence-corrected chi connectivity index (χ0v) is 12.3. The lowest BCUT2D eigenvalue weighted by molar-refractivity contribution is 0.315. The number of halogens is 1. The van der Waals surface area contributed by atoms with Gasteiger partial charge in [0.15, 0.2) is 5.52 Å². The maximum absolute atomic E-state index is 9.01. The third-order valence-electron chi connectivity index (χ3n) is 3.27. The summed E-state index contributed by atoms with van der Waals surface area (Å²) in [5.41, 5.74) is 9.04. The van der Waals surface area contributed by atoms with Gasteiger partial charge in [-0.25, -0.2) is 9.61 Å². The molecule has 2 heterocycles. The smallest absolute Gasteiger partial charge is 0.227 e. The van der Waals surface area contributed by atoms with E-state index in [0.717, 1.165) is 5.56 Å². The van der Waals surface area contributed by atoms with E-state index in [-0.39, 0.29) is 10.8 Å². The number of fused-ring (bicyclic) bond motifs is 1. The molecule has 0 atom stereocenters. The summed E-state index contributed by atoms with van der Waals surface area (Å²) in [6.07, 6.45) is 0.419. The average molecular weight is 316 g/mol. The molecule has 22 heavy (non-hydrogen) atoms. The number of anilines is 1. The number of nitriles is 1. The van der Waals surface area contributed by atoms with Crippen LogP contribution in [0, 0.1) is 11.3 Å². The maximum atomic E-state index is 9.01. The van der Waals surface area contributed by atoms with Crippen LogP contribution >= 0.6 is 11.6 Å². The van der Waals surface area contributed by atoms with E-state index in [1.54, 1.807) is 12.1 Å². The molecule has 0 aliphatic rings. The molecule has 2 N–H and O–H groups in total. The van der Waals surface area contributed by atoms with Crippen molar-refractivity contribution in [1.82, 2.24) is 15.3 Å². The van der Waals surface area contributed by atoms with Gasteiger partial charge in [-0.15, -0.1) is 0 Å². The molecular formula is C14H10ClN5O2. The molecule has 110 valence electrons. The second-order valence-electron chi connectivity index (χ2n) is 4.55. The van der Waals surface area contributed by atoms with Gasteiger partial charge in [0.25, 0.3) is 0 Å². The number of rotatable bonds is 3. The van der Waals surface area contributed by atoms with Gasteiger partial charge in [-0.05, 0) is 28.0 Å². The molecule has 0 bridgehead atoms. The number of benzene rings is 1. The quantitative estimate of drug-likeness (QED) is 0.738. The number of methoxy groups -OCH3 is 1. The highest BCUT2D eigenvalue weighted by Crippen LogP contribution is 2.30. The van der Waals surface area contributed by atoms with Gasteiger partial charge in [-0.3, -0.25) is 0 Å². The summed E-state index contributed by atoms with van der Waals surface area (Å²) in [4.78, 5) is 4.10. The molecule has 1 aromatic carbocycles. The summed E-state index contributed by atoms with van der Waals surface area (Å²) >= 11 is 6.16. The first-order valence-corrected chi connectivity index (χ1v) is 6.65. The zero-order chi connectivity index (χ0) is 15.7. The van der Waals surface area contributed by atoms with E-state index >= 15 is 0 Å². The number of nitrogen functional groups attached to an aromatic ring is 1. The fourth-order valence-electron chi connectivity index (χ4n) is 2.15. The van der Waals surface area contributed by atoms with Crippen LogP contribution in [0.4, 0.5) is 5.69 Å². The molecule has 0 spiro atoms. The number of aromatic nitrogens is 3. The van der Waals surface area contributed by atoms with Crippen molar-refractivity contribution >= 4 is 28.5 Å². The Bertz CT molecular complexity index is 900. The summed E-state index contributed by atoms with van der Waals surface area (Å²) in [5, 5.41) is 16.6. The molecule has 8 heteroatoms. The van der Waals surface area contributed by atoms with Gasteiger partial charge in [-0.2, -0.15) is 5.26 Å². The second kappa shape index (κ2) is 5.50. The predicted molar refractivity (Wildman–Crippen MR) is 79.5 cm³/mol. The van der Waals surface area contributed by atoms with Crippen molar-refractivity contribution in [3.05, 3.63) is 40.0 Å². The first-order chi connectivity index (χ1) is 10.6. The van der Waals surface area contributed by atoms with Crippen molar-refractivity contribution < 1.29 is 9.37 Å². The van der Waals surface area contributed by atoms with Crippen molar-refractivity contribution in [3.63, 3.8) is 0 Å². The molecular weight excluding hydrogens is 306 g/mol. The van der Waals surface area contributed by atoms with E-state index in [1.165, 1.54) is 7.11 Å². The Labute approximate surface area is 130 Å². The fraction of sp³-hybridized carbons (Fsp3) is 0.143. The van der Waals surface area contributed by atoms with Crippen LogP contribution < -0.4 is 10.5 Å². The molecule has 0 aliphatic heterocycles. The molecule has 3 aromatic rings. The van der Waals surface area contributed by atoms with Crippen LogP contribution in [-0.4, -0.2) is 22.4 Å². The van der Waals surface area contributed by atoms with E-state index in [0.29, 0.717) is 34.5 Å². The molecule has 3 rings (SSSR count). The lowest BCUT2D eigenvalue weighted by atomic mass is 10.0. The molecule has 0 saturated carbocycles. The number of hydrogen-bond donors (Lipinski definition) is 1. The monoisotopic (exact) mass is 315 g/mol. The van der Waals surface area contributed by atoms with Gasteiger partial charge >= 0.3 is 0 Å². The van der Waals surface area contributed by atoms with Gasteiger partial charge < -0.3 is 10.5 Å². The van der Waals surface area contributed by atoms with Crippen molar-refractivity contribution in [2.24, 2.45) is 0 Å². The minimum Gasteiger partial charge on any atom is -0.495 e. The van der Waals surface area contributed by atoms with E-state index in [4.69, 9.17) is 27.3 Å². The normalized spacial score (nSPS) is 10.6. The molecule has 0 amide bonds. The number of ether oxygens (including phenoxy) is 1. The summed E-state index contributed by atoms with van der Waals surface area (Å²) in [6.45, 7) is 0. The number of nitrogens with two attached hydrogens (primary N) is 1. The van der Waals surface area contributed by atoms with E-state index in [9.17, 15) is 0 Å². The van der Waals surface area contributed by atoms with Crippen molar-refractivity contribution in [2.45, 2.75) is 6.42 Å². The second-order valence-corrected chi connectivity index (χ2v) is 4.91. The minimum atomic E-state index is 0.240. The summed E-state index contributed by atoms with van der Waals surface area (Å²) in [6, 6.07) is 7.32. The molecule has 2 aromatic heterocycles. The Morgan fingerprint density at radius 2 is 2.23 bits per heavy atom. The Balaban J connectivity index is 2.05. The van der Waals surface area contributed by atoms with Gasteiger partial charge in [0.1, 0.15) is 17.0 Å². The first-order valence-electron chi connectivity index (χ1n) is 6.27. The van der Waals surface area contributed by atoms with Gasteiger partial charge in [0.2, 0.25) is 5.65 Å². The van der Waals surface area contributed by atoms with Crippen LogP contribution in [0.3, 0.4) is 0 Å². The number of nitrogens with zero attached hydrogens (tertiary/aromatic N) is 4. The summed E-state index contributed by atoms with van der Waals surface area (Å²) in [7, 11) is 1.51. The van der Waals surface area contributed by atoms with Gasteiger partial charge in [0, 0.05) is 12.0 Å². The molecule has 7 nitrogen and oxygen atoms in total. The summed E-state index contributed by atoms with van der Waals surface area (Å²) < 4.78 is 9.81. The number of pyridine rings is 1. The maximum Gasteiger partial charge on any atom is 0.227 e. The van der Waals surface area contributed by atoms with E-state index in [1.807, 2.05) is 6.07 Å². The lowest BCUT2D eigenvalue weighted by Gasteiger charge is -2.09. The third-order valence-corrected chi connectivity index (χ3v) is 3.58. The fourth-order valence-corrected chi connectivity index (χ4v) is 2.40. The van der Waals surface area contributed by atoms with Crippen molar-refractivity contribution in [3.8, 4) is 11.8 Å². The van der Waals surface area contributed by atoms with Gasteiger partial charge in [0.05, 0.1) is 18.4 Å². The Kier molecular flexibility index (Phi) is 3.53. The van der Waals surface area contributed by atoms with Crippen LogP contribution in [0.15, 0.2) is 22.8 Å². The van der Waals surface area contributed by atoms with E-state index < -0.39 is 0 Å². The van der Waals surface area contributed by atoms with Crippen molar-refractivity contribution in [2.75, 3.05) is 12.8 Å². The highest BCUT2D eigenvalue weighted by molar-refractivity contribution is 6.31. The standard InChI is InChI=1S/C14H10ClN5O2/c1-21-10-5-7(2-3-8(10)6-16)4-9-11(17)12-14(18-13(9)15)20-22-19-12/h2-3,5H,4,17H2,1H3. The molecule has 0 saturated heterocycles. The highest BCUT2D eigenvalue weighted by atomic mass is 35.5. The van der Waals surface area contributed by atoms with Crippen LogP contribution in [0.25, 0.3) is 11.2 Å². The van der Waals surface area contributed by atoms with Crippen LogP contribution in [0.5, 0.6) is 5.75 Å². The molecule has 0 fully saturated rings. The molecule has 0 aliphatic carbocycles. The van der Waals surface area contributed by atoms with Crippen LogP contribution in [-0.2, 0) is 6.42 Å². The first kappa shape index (κ1) is 14.1. The van der Waals surface area contributed by atoms with Gasteiger partial charge in [-0.1, -0.05) is 17.7 Å². The number of hydrogen-bond acceptors (Lipinski definition) is 7. The highest BCUT2D eigenvalue weighted by Gasteiger charge is 2.16. The minimum absolute atomic E-state index is 0.240.